The Kier molecular flexibility index (Phi) is 5.02. The van der Waals surface area contributed by atoms with Gasteiger partial charge < -0.3 is 19.4 Å². The van der Waals surface area contributed by atoms with Gasteiger partial charge in [0.1, 0.15) is 18.0 Å². The molecular formula is C23H28N4O. The second kappa shape index (κ2) is 7.94. The van der Waals surface area contributed by atoms with Crippen molar-refractivity contribution in [1.29, 1.82) is 0 Å². The van der Waals surface area contributed by atoms with Crippen LogP contribution in [-0.4, -0.2) is 39.5 Å². The van der Waals surface area contributed by atoms with Crippen molar-refractivity contribution < 1.29 is 4.74 Å². The lowest BCUT2D eigenvalue weighted by atomic mass is 10.0. The fraction of sp³-hybridized carbons (Fsp3) is 0.435. The first-order valence-electron chi connectivity index (χ1n) is 10.5. The van der Waals surface area contributed by atoms with E-state index in [-0.39, 0.29) is 0 Å². The minimum absolute atomic E-state index is 0.485. The van der Waals surface area contributed by atoms with E-state index in [4.69, 9.17) is 4.74 Å². The number of piperidine rings is 1. The van der Waals surface area contributed by atoms with Gasteiger partial charge in [-0.1, -0.05) is 18.2 Å². The van der Waals surface area contributed by atoms with Crippen molar-refractivity contribution in [3.05, 3.63) is 66.1 Å². The number of benzene rings is 1. The summed E-state index contributed by atoms with van der Waals surface area (Å²) in [6.07, 6.45) is 9.41. The third-order valence-electron chi connectivity index (χ3n) is 5.91. The van der Waals surface area contributed by atoms with Crippen LogP contribution in [0.1, 0.15) is 36.9 Å². The van der Waals surface area contributed by atoms with Gasteiger partial charge in [0.2, 0.25) is 0 Å². The summed E-state index contributed by atoms with van der Waals surface area (Å²) in [6, 6.07) is 16.0. The molecule has 5 rings (SSSR count). The number of ether oxygens (including phenoxy) is 1. The fourth-order valence-corrected chi connectivity index (χ4v) is 4.09. The van der Waals surface area contributed by atoms with E-state index in [1.165, 1.54) is 44.3 Å². The molecule has 5 heteroatoms. The average molecular weight is 377 g/mol. The van der Waals surface area contributed by atoms with Crippen LogP contribution in [0.4, 0.5) is 0 Å². The van der Waals surface area contributed by atoms with Crippen LogP contribution in [-0.2, 0) is 13.2 Å². The van der Waals surface area contributed by atoms with E-state index in [1.54, 1.807) is 0 Å². The third-order valence-corrected chi connectivity index (χ3v) is 5.91. The molecule has 5 nitrogen and oxygen atoms in total. The molecule has 1 saturated carbocycles. The summed E-state index contributed by atoms with van der Waals surface area (Å²) in [5.41, 5.74) is 3.20. The van der Waals surface area contributed by atoms with Crippen molar-refractivity contribution in [1.82, 2.24) is 19.6 Å². The second-order valence-corrected chi connectivity index (χ2v) is 8.05. The summed E-state index contributed by atoms with van der Waals surface area (Å²) in [6.45, 7) is 3.94. The van der Waals surface area contributed by atoms with Crippen LogP contribution in [0, 0.1) is 0 Å². The Bertz CT molecular complexity index is 875. The first-order valence-corrected chi connectivity index (χ1v) is 10.5. The highest BCUT2D eigenvalue weighted by atomic mass is 16.5. The molecule has 3 aromatic rings. The van der Waals surface area contributed by atoms with Crippen LogP contribution in [0.5, 0.6) is 5.75 Å². The van der Waals surface area contributed by atoms with Crippen molar-refractivity contribution in [3.63, 3.8) is 0 Å². The first kappa shape index (κ1) is 17.7. The van der Waals surface area contributed by atoms with E-state index in [2.05, 4.69) is 39.5 Å². The van der Waals surface area contributed by atoms with Crippen molar-refractivity contribution in [2.45, 2.75) is 50.9 Å². The van der Waals surface area contributed by atoms with Gasteiger partial charge >= 0.3 is 0 Å². The maximum absolute atomic E-state index is 5.91. The minimum Gasteiger partial charge on any atom is -0.487 e. The lowest BCUT2D eigenvalue weighted by molar-refractivity contribution is 0.189. The number of imidazole rings is 1. The molecule has 3 heterocycles. The molecule has 0 amide bonds. The number of likely N-dealkylation sites (tertiary alicyclic amines) is 1. The number of hydrogen-bond donors (Lipinski definition) is 1. The molecule has 0 unspecified atom stereocenters. The Balaban J connectivity index is 1.08. The van der Waals surface area contributed by atoms with Crippen LogP contribution in [0.25, 0.3) is 5.65 Å². The normalized spacial score (nSPS) is 18.6. The molecule has 1 aliphatic heterocycles. The molecule has 146 valence electrons. The lowest BCUT2D eigenvalue weighted by Crippen LogP contribution is -2.43. The van der Waals surface area contributed by atoms with Gasteiger partial charge in [-0.05, 0) is 68.6 Å². The van der Waals surface area contributed by atoms with Gasteiger partial charge in [-0.3, -0.25) is 0 Å². The molecule has 0 atom stereocenters. The van der Waals surface area contributed by atoms with Crippen molar-refractivity contribution in [2.24, 2.45) is 0 Å². The summed E-state index contributed by atoms with van der Waals surface area (Å²) in [5.74, 6) is 0.888. The van der Waals surface area contributed by atoms with Gasteiger partial charge in [0, 0.05) is 31.0 Å². The highest BCUT2D eigenvalue weighted by molar-refractivity contribution is 5.39. The number of nitrogens with one attached hydrogen (secondary N) is 1. The third kappa shape index (κ3) is 4.21. The Hall–Kier alpha value is -2.37. The summed E-state index contributed by atoms with van der Waals surface area (Å²) >= 11 is 0. The van der Waals surface area contributed by atoms with Crippen LogP contribution < -0.4 is 10.1 Å². The molecule has 2 aliphatic rings. The van der Waals surface area contributed by atoms with Gasteiger partial charge in [0.05, 0.1) is 5.69 Å². The zero-order valence-electron chi connectivity index (χ0n) is 16.3. The minimum atomic E-state index is 0.485. The van der Waals surface area contributed by atoms with Crippen molar-refractivity contribution in [3.8, 4) is 5.75 Å². The van der Waals surface area contributed by atoms with Crippen molar-refractivity contribution >= 4 is 5.65 Å². The average Bonchev–Trinajstić information content (AvgIpc) is 3.51. The van der Waals surface area contributed by atoms with Crippen molar-refractivity contribution in [2.75, 3.05) is 13.1 Å². The van der Waals surface area contributed by atoms with E-state index in [0.29, 0.717) is 12.6 Å². The Morgan fingerprint density at radius 1 is 1.00 bits per heavy atom. The number of pyridine rings is 1. The van der Waals surface area contributed by atoms with Gasteiger partial charge in [-0.25, -0.2) is 4.98 Å². The monoisotopic (exact) mass is 376 g/mol. The molecule has 0 spiro atoms. The van der Waals surface area contributed by atoms with E-state index >= 15 is 0 Å². The molecule has 2 fully saturated rings. The molecule has 1 saturated heterocycles. The molecule has 1 aromatic carbocycles. The topological polar surface area (TPSA) is 41.8 Å². The maximum Gasteiger partial charge on any atom is 0.137 e. The number of aromatic nitrogens is 2. The highest BCUT2D eigenvalue weighted by Crippen LogP contribution is 2.29. The summed E-state index contributed by atoms with van der Waals surface area (Å²) in [5, 5.41) is 3.73. The molecule has 2 aromatic heterocycles. The first-order chi connectivity index (χ1) is 13.8. The van der Waals surface area contributed by atoms with Crippen LogP contribution in [0.15, 0.2) is 54.9 Å². The lowest BCUT2D eigenvalue weighted by Gasteiger charge is -2.32. The molecule has 0 radical (unpaired) electrons. The van der Waals surface area contributed by atoms with E-state index < -0.39 is 0 Å². The predicted molar refractivity (Wildman–Crippen MR) is 110 cm³/mol. The molecule has 1 N–H and O–H groups in total. The standard InChI is InChI=1S/C23H28N4O/c1-2-12-27-16-20(25-23(27)3-1)17-28-22-8-4-18(5-9-22)15-24-19-10-13-26(14-11-19)21-6-7-21/h1-5,8-9,12,16,19,21,24H,6-7,10-11,13-15,17H2. The van der Waals surface area contributed by atoms with Crippen LogP contribution in [0.3, 0.4) is 0 Å². The summed E-state index contributed by atoms with van der Waals surface area (Å²) in [7, 11) is 0. The number of hydrogen-bond acceptors (Lipinski definition) is 4. The maximum atomic E-state index is 5.91. The van der Waals surface area contributed by atoms with Gasteiger partial charge in [0.15, 0.2) is 0 Å². The van der Waals surface area contributed by atoms with Gasteiger partial charge in [-0.2, -0.15) is 0 Å². The van der Waals surface area contributed by atoms with Gasteiger partial charge in [0.25, 0.3) is 0 Å². The predicted octanol–water partition coefficient (Wildman–Crippen LogP) is 3.63. The largest absolute Gasteiger partial charge is 0.487 e. The van der Waals surface area contributed by atoms with E-state index in [0.717, 1.165) is 29.7 Å². The zero-order valence-corrected chi connectivity index (χ0v) is 16.3. The number of nitrogens with zero attached hydrogens (tertiary/aromatic N) is 3. The van der Waals surface area contributed by atoms with Crippen LogP contribution in [0.2, 0.25) is 0 Å². The Labute approximate surface area is 166 Å². The van der Waals surface area contributed by atoms with Gasteiger partial charge in [-0.15, -0.1) is 0 Å². The fourth-order valence-electron chi connectivity index (χ4n) is 4.09. The summed E-state index contributed by atoms with van der Waals surface area (Å²) < 4.78 is 7.93. The molecule has 28 heavy (non-hydrogen) atoms. The number of rotatable bonds is 7. The second-order valence-electron chi connectivity index (χ2n) is 8.05. The highest BCUT2D eigenvalue weighted by Gasteiger charge is 2.31. The zero-order chi connectivity index (χ0) is 18.8. The smallest absolute Gasteiger partial charge is 0.137 e. The van der Waals surface area contributed by atoms with Crippen LogP contribution >= 0.6 is 0 Å². The Morgan fingerprint density at radius 3 is 2.57 bits per heavy atom. The quantitative estimate of drug-likeness (QED) is 0.684. The van der Waals surface area contributed by atoms with E-state index in [9.17, 15) is 0 Å². The summed E-state index contributed by atoms with van der Waals surface area (Å²) in [4.78, 5) is 7.25. The Morgan fingerprint density at radius 2 is 1.82 bits per heavy atom. The number of fused-ring (bicyclic) bond motifs is 1. The molecule has 1 aliphatic carbocycles. The van der Waals surface area contributed by atoms with E-state index in [1.807, 2.05) is 35.0 Å². The molecular weight excluding hydrogens is 348 g/mol. The molecule has 0 bridgehead atoms. The SMILES string of the molecule is c1ccn2cc(COc3ccc(CNC4CCN(C5CC5)CC4)cc3)nc2c1.